The summed E-state index contributed by atoms with van der Waals surface area (Å²) in [6.07, 6.45) is 6.21. The number of nitrogens with zero attached hydrogens (tertiary/aromatic N) is 1. The second-order valence-electron chi connectivity index (χ2n) is 9.97. The summed E-state index contributed by atoms with van der Waals surface area (Å²) in [5, 5.41) is 14.4. The predicted molar refractivity (Wildman–Crippen MR) is 126 cm³/mol. The molecule has 2 fully saturated rings. The lowest BCUT2D eigenvalue weighted by Gasteiger charge is -2.47. The number of rotatable bonds is 5. The van der Waals surface area contributed by atoms with Gasteiger partial charge in [-0.15, -0.1) is 0 Å². The van der Waals surface area contributed by atoms with Crippen LogP contribution in [0.1, 0.15) is 56.6 Å². The molecule has 5 rings (SSSR count). The average Bonchev–Trinajstić information content (AvgIpc) is 3.32. The van der Waals surface area contributed by atoms with Crippen molar-refractivity contribution in [3.63, 3.8) is 0 Å². The molecule has 2 amide bonds. The number of fused-ring (bicyclic) bond motifs is 4. The Hall–Kier alpha value is -2.87. The maximum absolute atomic E-state index is 12.7. The second-order valence-corrected chi connectivity index (χ2v) is 9.97. The Morgan fingerprint density at radius 2 is 2.06 bits per heavy atom. The number of benzene rings is 1. The fourth-order valence-electron chi connectivity index (χ4n) is 5.81. The normalized spacial score (nSPS) is 24.9. The van der Waals surface area contributed by atoms with Crippen molar-refractivity contribution in [3.8, 4) is 5.75 Å². The maximum Gasteiger partial charge on any atom is 0.339 e. The molecular formula is C26H32N2O6. The van der Waals surface area contributed by atoms with Gasteiger partial charge in [-0.3, -0.25) is 9.59 Å². The smallest absolute Gasteiger partial charge is 0.339 e. The highest BCUT2D eigenvalue weighted by Crippen LogP contribution is 2.39. The van der Waals surface area contributed by atoms with Gasteiger partial charge in [-0.25, -0.2) is 4.79 Å². The monoisotopic (exact) mass is 468 g/mol. The molecule has 1 saturated carbocycles. The Morgan fingerprint density at radius 1 is 1.24 bits per heavy atom. The number of hydrogen-bond acceptors (Lipinski definition) is 6. The van der Waals surface area contributed by atoms with Crippen molar-refractivity contribution in [2.45, 2.75) is 70.0 Å². The van der Waals surface area contributed by atoms with Crippen molar-refractivity contribution in [1.82, 2.24) is 10.2 Å². The molecule has 182 valence electrons. The van der Waals surface area contributed by atoms with Gasteiger partial charge in [0.2, 0.25) is 5.91 Å². The van der Waals surface area contributed by atoms with Gasteiger partial charge in [-0.1, -0.05) is 12.8 Å². The van der Waals surface area contributed by atoms with Crippen LogP contribution in [0.2, 0.25) is 0 Å². The Labute approximate surface area is 198 Å². The van der Waals surface area contributed by atoms with E-state index in [-0.39, 0.29) is 24.0 Å². The zero-order valence-electron chi connectivity index (χ0n) is 19.6. The summed E-state index contributed by atoms with van der Waals surface area (Å²) in [6, 6.07) is 5.28. The molecule has 1 aliphatic heterocycles. The first kappa shape index (κ1) is 22.9. The summed E-state index contributed by atoms with van der Waals surface area (Å²) >= 11 is 0. The van der Waals surface area contributed by atoms with E-state index in [0.29, 0.717) is 30.8 Å². The summed E-state index contributed by atoms with van der Waals surface area (Å²) in [6.45, 7) is 2.57. The molecule has 1 unspecified atom stereocenters. The number of aryl methyl sites for hydroxylation is 1. The van der Waals surface area contributed by atoms with Crippen molar-refractivity contribution in [1.29, 1.82) is 0 Å². The van der Waals surface area contributed by atoms with E-state index in [4.69, 9.17) is 9.15 Å². The maximum atomic E-state index is 12.7. The van der Waals surface area contributed by atoms with Gasteiger partial charge >= 0.3 is 5.63 Å². The van der Waals surface area contributed by atoms with Crippen LogP contribution >= 0.6 is 0 Å². The topological polar surface area (TPSA) is 109 Å². The quantitative estimate of drug-likeness (QED) is 0.652. The number of carbonyl (C=O) groups is 2. The SMILES string of the molecule is CC(Oc1ccc2c3c(c(=O)oc2c1)CCC3)C(=O)NCC(=O)N1CC[C@@]2(O)CCCC[C@H]2C1. The van der Waals surface area contributed by atoms with Crippen molar-refractivity contribution in [2.24, 2.45) is 5.92 Å². The van der Waals surface area contributed by atoms with Crippen LogP contribution in [-0.4, -0.2) is 53.2 Å². The second kappa shape index (κ2) is 9.06. The molecule has 1 aromatic carbocycles. The Bertz CT molecular complexity index is 1170. The lowest BCUT2D eigenvalue weighted by atomic mass is 9.71. The molecule has 2 heterocycles. The van der Waals surface area contributed by atoms with Gasteiger partial charge in [0.15, 0.2) is 6.10 Å². The Balaban J connectivity index is 1.16. The summed E-state index contributed by atoms with van der Waals surface area (Å²) in [4.78, 5) is 39.2. The number of ether oxygens (including phenoxy) is 1. The van der Waals surface area contributed by atoms with Crippen LogP contribution < -0.4 is 15.7 Å². The summed E-state index contributed by atoms with van der Waals surface area (Å²) in [5.74, 6) is 0.00539. The van der Waals surface area contributed by atoms with Crippen LogP contribution in [0.4, 0.5) is 0 Å². The minimum atomic E-state index is -0.823. The number of carbonyl (C=O) groups excluding carboxylic acids is 2. The van der Waals surface area contributed by atoms with E-state index in [1.54, 1.807) is 24.0 Å². The third kappa shape index (κ3) is 4.31. The minimum Gasteiger partial charge on any atom is -0.481 e. The number of amides is 2. The average molecular weight is 469 g/mol. The van der Waals surface area contributed by atoms with E-state index < -0.39 is 17.6 Å². The molecule has 1 saturated heterocycles. The Morgan fingerprint density at radius 3 is 2.91 bits per heavy atom. The summed E-state index contributed by atoms with van der Waals surface area (Å²) < 4.78 is 11.2. The molecule has 34 heavy (non-hydrogen) atoms. The Kier molecular flexibility index (Phi) is 6.10. The number of hydrogen-bond donors (Lipinski definition) is 2. The molecule has 2 aromatic rings. The number of likely N-dealkylation sites (tertiary alicyclic amines) is 1. The van der Waals surface area contributed by atoms with Crippen LogP contribution in [-0.2, 0) is 22.4 Å². The van der Waals surface area contributed by atoms with Gasteiger partial charge in [-0.2, -0.15) is 0 Å². The van der Waals surface area contributed by atoms with Gasteiger partial charge in [0.25, 0.3) is 5.91 Å². The third-order valence-electron chi connectivity index (χ3n) is 7.82. The van der Waals surface area contributed by atoms with Crippen molar-refractivity contribution in [2.75, 3.05) is 19.6 Å². The first-order valence-electron chi connectivity index (χ1n) is 12.4. The summed E-state index contributed by atoms with van der Waals surface area (Å²) in [5.41, 5.74) is 1.33. The molecule has 1 aromatic heterocycles. The van der Waals surface area contributed by atoms with Gasteiger partial charge in [0, 0.05) is 36.0 Å². The van der Waals surface area contributed by atoms with Crippen LogP contribution in [0.3, 0.4) is 0 Å². The van der Waals surface area contributed by atoms with Crippen LogP contribution in [0.15, 0.2) is 27.4 Å². The molecule has 2 N–H and O–H groups in total. The first-order valence-corrected chi connectivity index (χ1v) is 12.4. The number of nitrogens with one attached hydrogen (secondary N) is 1. The van der Waals surface area contributed by atoms with Gasteiger partial charge in [0.1, 0.15) is 11.3 Å². The van der Waals surface area contributed by atoms with Crippen molar-refractivity contribution in [3.05, 3.63) is 39.7 Å². The highest BCUT2D eigenvalue weighted by Gasteiger charge is 2.43. The fraction of sp³-hybridized carbons (Fsp3) is 0.577. The van der Waals surface area contributed by atoms with Crippen LogP contribution in [0.5, 0.6) is 5.75 Å². The molecule has 3 atom stereocenters. The van der Waals surface area contributed by atoms with E-state index in [9.17, 15) is 19.5 Å². The van der Waals surface area contributed by atoms with Crippen molar-refractivity contribution >= 4 is 22.8 Å². The molecule has 0 radical (unpaired) electrons. The zero-order valence-corrected chi connectivity index (χ0v) is 19.6. The fourth-order valence-corrected chi connectivity index (χ4v) is 5.81. The van der Waals surface area contributed by atoms with E-state index in [0.717, 1.165) is 61.5 Å². The van der Waals surface area contributed by atoms with Crippen LogP contribution in [0.25, 0.3) is 11.0 Å². The highest BCUT2D eigenvalue weighted by atomic mass is 16.5. The first-order chi connectivity index (χ1) is 16.3. The van der Waals surface area contributed by atoms with Gasteiger partial charge in [-0.05, 0) is 63.1 Å². The van der Waals surface area contributed by atoms with Gasteiger partial charge in [0.05, 0.1) is 12.1 Å². The standard InChI is InChI=1S/C26H32N2O6/c1-16(33-18-8-9-20-19-6-4-7-21(19)25(31)34-22(20)13-18)24(30)27-14-23(29)28-12-11-26(32)10-3-2-5-17(26)15-28/h8-9,13,16-17,32H,2-7,10-12,14-15H2,1H3,(H,27,30)/t16?,17-,26-/m0/s1. The number of piperidine rings is 1. The van der Waals surface area contributed by atoms with Gasteiger partial charge < -0.3 is 24.5 Å². The molecule has 3 aliphatic rings. The summed E-state index contributed by atoms with van der Waals surface area (Å²) in [7, 11) is 0. The molecule has 0 bridgehead atoms. The van der Waals surface area contributed by atoms with E-state index in [1.165, 1.54) is 0 Å². The van der Waals surface area contributed by atoms with E-state index in [1.807, 2.05) is 6.07 Å². The van der Waals surface area contributed by atoms with E-state index in [2.05, 4.69) is 5.32 Å². The van der Waals surface area contributed by atoms with Crippen LogP contribution in [0, 0.1) is 5.92 Å². The largest absolute Gasteiger partial charge is 0.481 e. The molecular weight excluding hydrogens is 436 g/mol. The third-order valence-corrected chi connectivity index (χ3v) is 7.82. The number of aliphatic hydroxyl groups is 1. The minimum absolute atomic E-state index is 0.101. The lowest BCUT2D eigenvalue weighted by Crippen LogP contribution is -2.56. The lowest BCUT2D eigenvalue weighted by molar-refractivity contribution is -0.144. The highest BCUT2D eigenvalue weighted by molar-refractivity contribution is 5.87. The van der Waals surface area contributed by atoms with Crippen molar-refractivity contribution < 1.29 is 23.8 Å². The molecule has 8 heteroatoms. The molecule has 8 nitrogen and oxygen atoms in total. The molecule has 2 aliphatic carbocycles. The van der Waals surface area contributed by atoms with E-state index >= 15 is 0 Å². The predicted octanol–water partition coefficient (Wildman–Crippen LogP) is 2.32. The molecule has 0 spiro atoms. The zero-order chi connectivity index (χ0) is 23.9.